The lowest BCUT2D eigenvalue weighted by Crippen LogP contribution is -2.41. The molecule has 0 aliphatic heterocycles. The summed E-state index contributed by atoms with van der Waals surface area (Å²) >= 11 is 0. The Balaban J connectivity index is 2.84. The maximum Gasteiger partial charge on any atom is 0.326 e. The van der Waals surface area contributed by atoms with Crippen LogP contribution in [0.2, 0.25) is 0 Å². The van der Waals surface area contributed by atoms with Gasteiger partial charge in [-0.25, -0.2) is 4.79 Å². The normalized spacial score (nSPS) is 11.1. The van der Waals surface area contributed by atoms with Gasteiger partial charge in [0.15, 0.2) is 5.96 Å². The summed E-state index contributed by atoms with van der Waals surface area (Å²) in [5, 5.41) is 22.4. The minimum Gasteiger partial charge on any atom is -0.480 e. The summed E-state index contributed by atoms with van der Waals surface area (Å²) in [5.74, 6) is -4.14. The van der Waals surface area contributed by atoms with E-state index in [9.17, 15) is 24.3 Å². The summed E-state index contributed by atoms with van der Waals surface area (Å²) in [4.78, 5) is 50.1. The Hall–Kier alpha value is -3.63. The number of aliphatic carboxylic acids is 2. The molecule has 146 valence electrons. The van der Waals surface area contributed by atoms with Gasteiger partial charge in [0.05, 0.1) is 11.1 Å². The third-order valence-electron chi connectivity index (χ3n) is 3.37. The third-order valence-corrected chi connectivity index (χ3v) is 3.37. The average molecular weight is 379 g/mol. The number of nitrogens with one attached hydrogen (secondary N) is 2. The van der Waals surface area contributed by atoms with Crippen molar-refractivity contribution in [3.05, 3.63) is 35.4 Å². The number of rotatable bonds is 10. The molecule has 11 heteroatoms. The zero-order valence-corrected chi connectivity index (χ0v) is 14.3. The predicted octanol–water partition coefficient (Wildman–Crippen LogP) is -1.26. The van der Waals surface area contributed by atoms with Crippen LogP contribution in [0, 0.1) is 0 Å². The second-order valence-corrected chi connectivity index (χ2v) is 5.44. The molecule has 0 aromatic heterocycles. The Kier molecular flexibility index (Phi) is 8.23. The Labute approximate surface area is 154 Å². The van der Waals surface area contributed by atoms with Crippen LogP contribution in [0.5, 0.6) is 0 Å². The minimum atomic E-state index is -1.25. The number of amides is 2. The van der Waals surface area contributed by atoms with Gasteiger partial charge < -0.3 is 32.3 Å². The van der Waals surface area contributed by atoms with Gasteiger partial charge in [-0.05, 0) is 25.0 Å². The molecule has 1 rings (SSSR count). The number of hydrogen-bond acceptors (Lipinski definition) is 5. The van der Waals surface area contributed by atoms with E-state index in [-0.39, 0.29) is 30.1 Å². The zero-order valence-electron chi connectivity index (χ0n) is 14.3. The summed E-state index contributed by atoms with van der Waals surface area (Å²) in [6, 6.07) is 4.46. The van der Waals surface area contributed by atoms with Crippen molar-refractivity contribution in [1.29, 1.82) is 0 Å². The lowest BCUT2D eigenvalue weighted by molar-refractivity contribution is -0.139. The van der Waals surface area contributed by atoms with Gasteiger partial charge in [-0.15, -0.1) is 0 Å². The molecule has 0 fully saturated rings. The van der Waals surface area contributed by atoms with Crippen LogP contribution in [0.15, 0.2) is 29.3 Å². The molecule has 27 heavy (non-hydrogen) atoms. The number of benzene rings is 1. The smallest absolute Gasteiger partial charge is 0.326 e. The fraction of sp³-hybridized carbons (Fsp3) is 0.312. The second kappa shape index (κ2) is 10.4. The molecule has 1 aromatic carbocycles. The van der Waals surface area contributed by atoms with Crippen LogP contribution in [0.25, 0.3) is 0 Å². The molecule has 0 spiro atoms. The number of carbonyl (C=O) groups excluding carboxylic acids is 2. The van der Waals surface area contributed by atoms with Gasteiger partial charge in [0.1, 0.15) is 12.6 Å². The number of aliphatic imine (C=N–C) groups is 1. The van der Waals surface area contributed by atoms with Crippen LogP contribution in [-0.2, 0) is 9.59 Å². The Morgan fingerprint density at radius 1 is 1.04 bits per heavy atom. The van der Waals surface area contributed by atoms with Crippen molar-refractivity contribution >= 4 is 29.7 Å². The van der Waals surface area contributed by atoms with E-state index in [2.05, 4.69) is 15.6 Å². The van der Waals surface area contributed by atoms with Gasteiger partial charge in [-0.2, -0.15) is 0 Å². The van der Waals surface area contributed by atoms with Gasteiger partial charge in [0.2, 0.25) is 0 Å². The van der Waals surface area contributed by atoms with Crippen LogP contribution < -0.4 is 22.1 Å². The summed E-state index contributed by atoms with van der Waals surface area (Å²) in [7, 11) is 0. The van der Waals surface area contributed by atoms with Gasteiger partial charge in [0.25, 0.3) is 11.8 Å². The van der Waals surface area contributed by atoms with E-state index < -0.39 is 36.3 Å². The van der Waals surface area contributed by atoms with E-state index in [0.29, 0.717) is 6.42 Å². The maximum absolute atomic E-state index is 12.4. The molecule has 11 nitrogen and oxygen atoms in total. The summed E-state index contributed by atoms with van der Waals surface area (Å²) < 4.78 is 0. The summed E-state index contributed by atoms with van der Waals surface area (Å²) in [6.45, 7) is -0.409. The lowest BCUT2D eigenvalue weighted by Gasteiger charge is -2.15. The molecule has 0 bridgehead atoms. The van der Waals surface area contributed by atoms with E-state index in [1.165, 1.54) is 24.3 Å². The highest BCUT2D eigenvalue weighted by Gasteiger charge is 2.23. The van der Waals surface area contributed by atoms with Crippen LogP contribution in [-0.4, -0.2) is 59.1 Å². The van der Waals surface area contributed by atoms with E-state index in [1.807, 2.05) is 0 Å². The van der Waals surface area contributed by atoms with Crippen LogP contribution in [0.4, 0.5) is 0 Å². The van der Waals surface area contributed by atoms with Crippen molar-refractivity contribution in [3.8, 4) is 0 Å². The van der Waals surface area contributed by atoms with E-state index >= 15 is 0 Å². The van der Waals surface area contributed by atoms with Crippen molar-refractivity contribution in [3.63, 3.8) is 0 Å². The zero-order chi connectivity index (χ0) is 20.4. The van der Waals surface area contributed by atoms with Gasteiger partial charge >= 0.3 is 11.9 Å². The number of hydrogen-bond donors (Lipinski definition) is 6. The molecule has 0 saturated heterocycles. The minimum absolute atomic E-state index is 0.0686. The Morgan fingerprint density at radius 2 is 1.63 bits per heavy atom. The third kappa shape index (κ3) is 7.42. The van der Waals surface area contributed by atoms with E-state index in [4.69, 9.17) is 16.6 Å². The Bertz CT molecular complexity index is 745. The number of carboxylic acid groups (broad SMARTS) is 2. The molecule has 0 saturated carbocycles. The molecule has 2 amide bonds. The molecular formula is C16H21N5O6. The highest BCUT2D eigenvalue weighted by atomic mass is 16.4. The van der Waals surface area contributed by atoms with E-state index in [1.54, 1.807) is 0 Å². The van der Waals surface area contributed by atoms with Crippen molar-refractivity contribution in [2.45, 2.75) is 18.9 Å². The number of nitrogens with two attached hydrogens (primary N) is 2. The first-order valence-electron chi connectivity index (χ1n) is 7.90. The van der Waals surface area contributed by atoms with Crippen LogP contribution >= 0.6 is 0 Å². The van der Waals surface area contributed by atoms with Gasteiger partial charge in [0, 0.05) is 6.54 Å². The number of guanidine groups is 1. The number of carboxylic acids is 2. The van der Waals surface area contributed by atoms with Crippen molar-refractivity contribution in [2.75, 3.05) is 13.1 Å². The molecular weight excluding hydrogens is 358 g/mol. The highest BCUT2D eigenvalue weighted by Crippen LogP contribution is 2.10. The topological polar surface area (TPSA) is 197 Å². The first kappa shape index (κ1) is 21.4. The molecule has 0 aliphatic carbocycles. The lowest BCUT2D eigenvalue weighted by atomic mass is 10.0. The number of nitrogens with zero attached hydrogens (tertiary/aromatic N) is 1. The molecule has 1 atom stereocenters. The standard InChI is InChI=1S/C16H21N5O6/c17-16(18)19-7-3-6-11(15(26)27)21-14(25)10-5-2-1-4-9(10)13(24)20-8-12(22)23/h1-2,4-5,11H,3,6-8H2,(H,20,24)(H,21,25)(H,22,23)(H,26,27)(H4,17,18,19). The highest BCUT2D eigenvalue weighted by molar-refractivity contribution is 6.08. The van der Waals surface area contributed by atoms with Crippen molar-refractivity contribution in [1.82, 2.24) is 10.6 Å². The van der Waals surface area contributed by atoms with Crippen molar-refractivity contribution < 1.29 is 29.4 Å². The summed E-state index contributed by atoms with van der Waals surface area (Å²) in [5.41, 5.74) is 10.2. The molecule has 1 unspecified atom stereocenters. The van der Waals surface area contributed by atoms with Crippen LogP contribution in [0.1, 0.15) is 33.6 Å². The fourth-order valence-corrected chi connectivity index (χ4v) is 2.13. The van der Waals surface area contributed by atoms with Gasteiger partial charge in [-0.1, -0.05) is 12.1 Å². The molecule has 0 radical (unpaired) electrons. The predicted molar refractivity (Wildman–Crippen MR) is 95.2 cm³/mol. The first-order chi connectivity index (χ1) is 12.7. The quantitative estimate of drug-likeness (QED) is 0.164. The van der Waals surface area contributed by atoms with E-state index in [0.717, 1.165) is 0 Å². The first-order valence-corrected chi connectivity index (χ1v) is 7.90. The average Bonchev–Trinajstić information content (AvgIpc) is 2.61. The molecule has 0 heterocycles. The molecule has 8 N–H and O–H groups in total. The molecule has 1 aromatic rings. The fourth-order valence-electron chi connectivity index (χ4n) is 2.13. The maximum atomic E-state index is 12.4. The summed E-state index contributed by atoms with van der Waals surface area (Å²) in [6.07, 6.45) is 0.390. The van der Waals surface area contributed by atoms with Crippen LogP contribution in [0.3, 0.4) is 0 Å². The Morgan fingerprint density at radius 3 is 2.15 bits per heavy atom. The molecule has 0 aliphatic rings. The van der Waals surface area contributed by atoms with Crippen molar-refractivity contribution in [2.24, 2.45) is 16.5 Å². The number of carbonyl (C=O) groups is 4. The second-order valence-electron chi connectivity index (χ2n) is 5.44. The monoisotopic (exact) mass is 379 g/mol. The van der Waals surface area contributed by atoms with Gasteiger partial charge in [-0.3, -0.25) is 19.4 Å². The SMILES string of the molecule is NC(N)=NCCCC(NC(=O)c1ccccc1C(=O)NCC(=O)O)C(=O)O. The largest absolute Gasteiger partial charge is 0.480 e.